The molecule has 0 saturated carbocycles. The lowest BCUT2D eigenvalue weighted by Gasteiger charge is -2.36. The average molecular weight is 405 g/mol. The van der Waals surface area contributed by atoms with E-state index < -0.39 is 0 Å². The predicted molar refractivity (Wildman–Crippen MR) is 106 cm³/mol. The number of anilines is 1. The fourth-order valence-electron chi connectivity index (χ4n) is 3.24. The van der Waals surface area contributed by atoms with Gasteiger partial charge in [-0.05, 0) is 52.2 Å². The zero-order valence-corrected chi connectivity index (χ0v) is 16.5. The van der Waals surface area contributed by atoms with Crippen LogP contribution in [0.25, 0.3) is 0 Å². The largest absolute Gasteiger partial charge is 0.493 e. The van der Waals surface area contributed by atoms with Crippen molar-refractivity contribution in [2.75, 3.05) is 51.8 Å². The molecule has 0 unspecified atom stereocenters. The minimum atomic E-state index is 0.785. The van der Waals surface area contributed by atoms with Crippen LogP contribution in [-0.2, 0) is 6.42 Å². The number of para-hydroxylation sites is 1. The molecular weight excluding hydrogens is 380 g/mol. The van der Waals surface area contributed by atoms with Crippen molar-refractivity contribution in [1.82, 2.24) is 4.90 Å². The van der Waals surface area contributed by atoms with E-state index in [0.29, 0.717) is 0 Å². The van der Waals surface area contributed by atoms with Gasteiger partial charge in [-0.25, -0.2) is 0 Å². The first-order chi connectivity index (χ1) is 12.2. The molecule has 25 heavy (non-hydrogen) atoms. The molecule has 0 N–H and O–H groups in total. The molecule has 4 nitrogen and oxygen atoms in total. The third-order valence-electron chi connectivity index (χ3n) is 4.73. The van der Waals surface area contributed by atoms with E-state index in [-0.39, 0.29) is 0 Å². The number of nitrogens with zero attached hydrogens (tertiary/aromatic N) is 2. The van der Waals surface area contributed by atoms with Crippen LogP contribution in [0.5, 0.6) is 11.5 Å². The van der Waals surface area contributed by atoms with Crippen LogP contribution in [0.2, 0.25) is 0 Å². The zero-order chi connectivity index (χ0) is 17.6. The number of hydrogen-bond acceptors (Lipinski definition) is 4. The summed E-state index contributed by atoms with van der Waals surface area (Å²) in [6.45, 7) is 5.38. The molecule has 1 aliphatic rings. The number of methoxy groups -OCH3 is 2. The van der Waals surface area contributed by atoms with E-state index >= 15 is 0 Å². The Morgan fingerprint density at radius 2 is 1.64 bits per heavy atom. The molecule has 1 saturated heterocycles. The first kappa shape index (κ1) is 18.1. The fraction of sp³-hybridized carbons (Fsp3) is 0.400. The van der Waals surface area contributed by atoms with E-state index in [1.54, 1.807) is 14.2 Å². The second-order valence-corrected chi connectivity index (χ2v) is 7.07. The number of hydrogen-bond donors (Lipinski definition) is 0. The van der Waals surface area contributed by atoms with Gasteiger partial charge in [0.25, 0.3) is 0 Å². The summed E-state index contributed by atoms with van der Waals surface area (Å²) in [5.41, 5.74) is 2.58. The Hall–Kier alpha value is -1.72. The summed E-state index contributed by atoms with van der Waals surface area (Å²) in [6, 6.07) is 14.6. The van der Waals surface area contributed by atoms with E-state index in [0.717, 1.165) is 50.6 Å². The standard InChI is InChI=1S/C20H25BrN2O2/c1-24-19-8-7-16(15-20(19)25-2)9-10-22-11-13-23(14-12-22)18-6-4-3-5-17(18)21/h3-8,15H,9-14H2,1-2H3. The van der Waals surface area contributed by atoms with Gasteiger partial charge in [-0.1, -0.05) is 18.2 Å². The van der Waals surface area contributed by atoms with E-state index in [2.05, 4.69) is 62.1 Å². The molecule has 0 amide bonds. The van der Waals surface area contributed by atoms with Gasteiger partial charge in [-0.2, -0.15) is 0 Å². The zero-order valence-electron chi connectivity index (χ0n) is 14.9. The molecule has 0 aromatic heterocycles. The number of ether oxygens (including phenoxy) is 2. The molecule has 2 aromatic rings. The quantitative estimate of drug-likeness (QED) is 0.730. The van der Waals surface area contributed by atoms with Crippen molar-refractivity contribution in [1.29, 1.82) is 0 Å². The van der Waals surface area contributed by atoms with Crippen LogP contribution in [0.1, 0.15) is 5.56 Å². The molecule has 0 atom stereocenters. The van der Waals surface area contributed by atoms with E-state index in [9.17, 15) is 0 Å². The van der Waals surface area contributed by atoms with Crippen LogP contribution < -0.4 is 14.4 Å². The van der Waals surface area contributed by atoms with Crippen LogP contribution in [0.3, 0.4) is 0 Å². The van der Waals surface area contributed by atoms with Crippen LogP contribution >= 0.6 is 15.9 Å². The van der Waals surface area contributed by atoms with Crippen LogP contribution in [-0.4, -0.2) is 51.8 Å². The van der Waals surface area contributed by atoms with Gasteiger partial charge < -0.3 is 14.4 Å². The smallest absolute Gasteiger partial charge is 0.160 e. The minimum Gasteiger partial charge on any atom is -0.493 e. The van der Waals surface area contributed by atoms with Gasteiger partial charge in [0.15, 0.2) is 11.5 Å². The Balaban J connectivity index is 1.52. The first-order valence-corrected chi connectivity index (χ1v) is 9.43. The number of benzene rings is 2. The Morgan fingerprint density at radius 3 is 2.32 bits per heavy atom. The SMILES string of the molecule is COc1ccc(CCN2CCN(c3ccccc3Br)CC2)cc1OC. The topological polar surface area (TPSA) is 24.9 Å². The highest BCUT2D eigenvalue weighted by molar-refractivity contribution is 9.10. The summed E-state index contributed by atoms with van der Waals surface area (Å²) < 4.78 is 11.9. The highest BCUT2D eigenvalue weighted by Gasteiger charge is 2.18. The second-order valence-electron chi connectivity index (χ2n) is 6.22. The fourth-order valence-corrected chi connectivity index (χ4v) is 3.78. The highest BCUT2D eigenvalue weighted by atomic mass is 79.9. The van der Waals surface area contributed by atoms with Crippen LogP contribution in [0.4, 0.5) is 5.69 Å². The van der Waals surface area contributed by atoms with Gasteiger partial charge >= 0.3 is 0 Å². The predicted octanol–water partition coefficient (Wildman–Crippen LogP) is 3.83. The monoisotopic (exact) mass is 404 g/mol. The van der Waals surface area contributed by atoms with Gasteiger partial charge in [0.2, 0.25) is 0 Å². The lowest BCUT2D eigenvalue weighted by atomic mass is 10.1. The summed E-state index contributed by atoms with van der Waals surface area (Å²) >= 11 is 3.66. The van der Waals surface area contributed by atoms with E-state index in [1.807, 2.05) is 6.07 Å². The lowest BCUT2D eigenvalue weighted by molar-refractivity contribution is 0.260. The van der Waals surface area contributed by atoms with Crippen molar-refractivity contribution < 1.29 is 9.47 Å². The van der Waals surface area contributed by atoms with Crippen molar-refractivity contribution in [3.63, 3.8) is 0 Å². The maximum Gasteiger partial charge on any atom is 0.160 e. The minimum absolute atomic E-state index is 0.785. The summed E-state index contributed by atoms with van der Waals surface area (Å²) in [5, 5.41) is 0. The van der Waals surface area contributed by atoms with Gasteiger partial charge in [0, 0.05) is 37.2 Å². The first-order valence-electron chi connectivity index (χ1n) is 8.64. The van der Waals surface area contributed by atoms with Crippen molar-refractivity contribution in [2.24, 2.45) is 0 Å². The van der Waals surface area contributed by atoms with Crippen molar-refractivity contribution >= 4 is 21.6 Å². The Morgan fingerprint density at radius 1 is 0.920 bits per heavy atom. The molecule has 2 aromatic carbocycles. The van der Waals surface area contributed by atoms with Gasteiger partial charge in [-0.15, -0.1) is 0 Å². The third kappa shape index (κ3) is 4.47. The van der Waals surface area contributed by atoms with Crippen molar-refractivity contribution in [2.45, 2.75) is 6.42 Å². The lowest BCUT2D eigenvalue weighted by Crippen LogP contribution is -2.47. The van der Waals surface area contributed by atoms with Crippen molar-refractivity contribution in [3.8, 4) is 11.5 Å². The second kappa shape index (κ2) is 8.59. The molecule has 0 spiro atoms. The van der Waals surface area contributed by atoms with Gasteiger partial charge in [0.1, 0.15) is 0 Å². The van der Waals surface area contributed by atoms with Crippen LogP contribution in [0.15, 0.2) is 46.9 Å². The third-order valence-corrected chi connectivity index (χ3v) is 5.40. The summed E-state index contributed by atoms with van der Waals surface area (Å²) in [7, 11) is 3.35. The summed E-state index contributed by atoms with van der Waals surface area (Å²) in [6.07, 6.45) is 1.02. The van der Waals surface area contributed by atoms with Crippen molar-refractivity contribution in [3.05, 3.63) is 52.5 Å². The highest BCUT2D eigenvalue weighted by Crippen LogP contribution is 2.28. The maximum atomic E-state index is 5.39. The Kier molecular flexibility index (Phi) is 6.21. The molecule has 134 valence electrons. The molecule has 0 bridgehead atoms. The normalized spacial score (nSPS) is 15.2. The average Bonchev–Trinajstić information content (AvgIpc) is 2.67. The molecule has 1 aliphatic heterocycles. The molecule has 5 heteroatoms. The maximum absolute atomic E-state index is 5.39. The summed E-state index contributed by atoms with van der Waals surface area (Å²) in [5.74, 6) is 1.59. The molecule has 3 rings (SSSR count). The van der Waals surface area contributed by atoms with E-state index in [4.69, 9.17) is 9.47 Å². The van der Waals surface area contributed by atoms with Gasteiger partial charge in [0.05, 0.1) is 19.9 Å². The molecule has 0 radical (unpaired) electrons. The molecular formula is C20H25BrN2O2. The molecule has 1 heterocycles. The van der Waals surface area contributed by atoms with Crippen LogP contribution in [0, 0.1) is 0 Å². The Labute approximate surface area is 158 Å². The summed E-state index contributed by atoms with van der Waals surface area (Å²) in [4.78, 5) is 4.99. The Bertz CT molecular complexity index is 700. The van der Waals surface area contributed by atoms with Gasteiger partial charge in [-0.3, -0.25) is 4.90 Å². The molecule has 0 aliphatic carbocycles. The van der Waals surface area contributed by atoms with E-state index in [1.165, 1.54) is 15.7 Å². The molecule has 1 fully saturated rings. The number of piperazine rings is 1. The number of halogens is 1. The number of rotatable bonds is 6.